The highest BCUT2D eigenvalue weighted by molar-refractivity contribution is 9.11. The average molecular weight is 220 g/mol. The van der Waals surface area contributed by atoms with Gasteiger partial charge in [0.15, 0.2) is 0 Å². The number of anilines is 1. The molecule has 0 bridgehead atoms. The van der Waals surface area contributed by atoms with Gasteiger partial charge in [0.25, 0.3) is 0 Å². The SMILES string of the molecule is C=C(Br)CNc1nncs1. The van der Waals surface area contributed by atoms with E-state index in [9.17, 15) is 0 Å². The van der Waals surface area contributed by atoms with Gasteiger partial charge in [0.2, 0.25) is 5.13 Å². The van der Waals surface area contributed by atoms with E-state index in [2.05, 4.69) is 38.0 Å². The van der Waals surface area contributed by atoms with Crippen molar-refractivity contribution in [2.24, 2.45) is 0 Å². The molecule has 0 saturated heterocycles. The van der Waals surface area contributed by atoms with Gasteiger partial charge in [-0.25, -0.2) is 0 Å². The van der Waals surface area contributed by atoms with Gasteiger partial charge in [-0.2, -0.15) is 0 Å². The minimum absolute atomic E-state index is 0.690. The van der Waals surface area contributed by atoms with E-state index in [1.165, 1.54) is 11.3 Å². The van der Waals surface area contributed by atoms with Crippen LogP contribution in [-0.2, 0) is 0 Å². The molecule has 0 fully saturated rings. The second kappa shape index (κ2) is 3.68. The molecule has 0 aliphatic carbocycles. The van der Waals surface area contributed by atoms with E-state index >= 15 is 0 Å². The second-order valence-corrected chi connectivity index (χ2v) is 3.57. The molecule has 0 unspecified atom stereocenters. The largest absolute Gasteiger partial charge is 0.356 e. The summed E-state index contributed by atoms with van der Waals surface area (Å²) in [6, 6.07) is 0. The quantitative estimate of drug-likeness (QED) is 0.844. The Hall–Kier alpha value is -0.420. The molecular formula is C5H6BrN3S. The third-order valence-electron chi connectivity index (χ3n) is 0.791. The van der Waals surface area contributed by atoms with Crippen LogP contribution in [0.25, 0.3) is 0 Å². The molecule has 54 valence electrons. The molecular weight excluding hydrogens is 214 g/mol. The lowest BCUT2D eigenvalue weighted by molar-refractivity contribution is 1.08. The zero-order valence-corrected chi connectivity index (χ0v) is 7.57. The van der Waals surface area contributed by atoms with Gasteiger partial charge in [-0.3, -0.25) is 0 Å². The van der Waals surface area contributed by atoms with Crippen molar-refractivity contribution in [3.05, 3.63) is 16.6 Å². The van der Waals surface area contributed by atoms with Gasteiger partial charge >= 0.3 is 0 Å². The van der Waals surface area contributed by atoms with Crippen LogP contribution in [0.5, 0.6) is 0 Å². The van der Waals surface area contributed by atoms with Gasteiger partial charge in [0.1, 0.15) is 5.51 Å². The lowest BCUT2D eigenvalue weighted by Crippen LogP contribution is -1.99. The van der Waals surface area contributed by atoms with Crippen LogP contribution in [0.4, 0.5) is 5.13 Å². The molecule has 0 aliphatic heterocycles. The first-order chi connectivity index (χ1) is 4.79. The third-order valence-corrected chi connectivity index (χ3v) is 1.72. The summed E-state index contributed by atoms with van der Waals surface area (Å²) in [6.45, 7) is 4.35. The van der Waals surface area contributed by atoms with Gasteiger partial charge in [-0.1, -0.05) is 33.8 Å². The summed E-state index contributed by atoms with van der Waals surface area (Å²) in [4.78, 5) is 0. The van der Waals surface area contributed by atoms with Gasteiger partial charge in [0, 0.05) is 11.0 Å². The molecule has 0 saturated carbocycles. The van der Waals surface area contributed by atoms with Crippen LogP contribution in [0.2, 0.25) is 0 Å². The zero-order valence-electron chi connectivity index (χ0n) is 5.17. The van der Waals surface area contributed by atoms with Crippen LogP contribution in [0.1, 0.15) is 0 Å². The average Bonchev–Trinajstić information content (AvgIpc) is 2.34. The lowest BCUT2D eigenvalue weighted by Gasteiger charge is -1.96. The predicted octanol–water partition coefficient (Wildman–Crippen LogP) is 1.86. The van der Waals surface area contributed by atoms with Crippen molar-refractivity contribution in [3.63, 3.8) is 0 Å². The van der Waals surface area contributed by atoms with Crippen LogP contribution in [-0.4, -0.2) is 16.7 Å². The molecule has 1 aromatic rings. The van der Waals surface area contributed by atoms with Crippen LogP contribution in [0, 0.1) is 0 Å². The fourth-order valence-electron chi connectivity index (χ4n) is 0.422. The highest BCUT2D eigenvalue weighted by atomic mass is 79.9. The fraction of sp³-hybridized carbons (Fsp3) is 0.200. The van der Waals surface area contributed by atoms with Crippen LogP contribution in [0.15, 0.2) is 16.6 Å². The van der Waals surface area contributed by atoms with E-state index in [4.69, 9.17) is 0 Å². The second-order valence-electron chi connectivity index (χ2n) is 1.61. The first-order valence-corrected chi connectivity index (χ1v) is 4.29. The van der Waals surface area contributed by atoms with Gasteiger partial charge < -0.3 is 5.32 Å². The number of halogens is 1. The van der Waals surface area contributed by atoms with E-state index in [1.54, 1.807) is 5.51 Å². The molecule has 0 atom stereocenters. The number of nitrogens with one attached hydrogen (secondary N) is 1. The number of hydrogen-bond acceptors (Lipinski definition) is 4. The molecule has 1 heterocycles. The molecule has 3 nitrogen and oxygen atoms in total. The Morgan fingerprint density at radius 1 is 1.90 bits per heavy atom. The number of aromatic nitrogens is 2. The Morgan fingerprint density at radius 2 is 2.70 bits per heavy atom. The summed E-state index contributed by atoms with van der Waals surface area (Å²) in [5.41, 5.74) is 1.68. The van der Waals surface area contributed by atoms with Crippen molar-refractivity contribution in [2.45, 2.75) is 0 Å². The van der Waals surface area contributed by atoms with E-state index in [-0.39, 0.29) is 0 Å². The standard InChI is InChI=1S/C5H6BrN3S/c1-4(6)2-7-5-9-8-3-10-5/h3H,1-2H2,(H,7,9). The Balaban J connectivity index is 2.35. The maximum absolute atomic E-state index is 3.78. The summed E-state index contributed by atoms with van der Waals surface area (Å²) in [5.74, 6) is 0. The number of rotatable bonds is 3. The minimum Gasteiger partial charge on any atom is -0.356 e. The van der Waals surface area contributed by atoms with Crippen molar-refractivity contribution in [1.82, 2.24) is 10.2 Å². The van der Waals surface area contributed by atoms with Gasteiger partial charge in [-0.15, -0.1) is 10.2 Å². The van der Waals surface area contributed by atoms with Gasteiger partial charge in [-0.05, 0) is 0 Å². The zero-order chi connectivity index (χ0) is 7.40. The molecule has 0 spiro atoms. The summed E-state index contributed by atoms with van der Waals surface area (Å²) in [5, 5.41) is 11.3. The highest BCUT2D eigenvalue weighted by Crippen LogP contribution is 2.09. The summed E-state index contributed by atoms with van der Waals surface area (Å²) in [6.07, 6.45) is 0. The topological polar surface area (TPSA) is 37.8 Å². The molecule has 1 aromatic heterocycles. The number of nitrogens with zero attached hydrogens (tertiary/aromatic N) is 2. The van der Waals surface area contributed by atoms with E-state index < -0.39 is 0 Å². The van der Waals surface area contributed by atoms with Crippen molar-refractivity contribution in [3.8, 4) is 0 Å². The van der Waals surface area contributed by atoms with Gasteiger partial charge in [0.05, 0.1) is 0 Å². The monoisotopic (exact) mass is 219 g/mol. The predicted molar refractivity (Wildman–Crippen MR) is 46.5 cm³/mol. The Morgan fingerprint density at radius 3 is 3.20 bits per heavy atom. The molecule has 10 heavy (non-hydrogen) atoms. The van der Waals surface area contributed by atoms with Crippen LogP contribution in [0.3, 0.4) is 0 Å². The van der Waals surface area contributed by atoms with Crippen molar-refractivity contribution >= 4 is 32.4 Å². The first kappa shape index (κ1) is 7.68. The molecule has 0 amide bonds. The molecule has 0 aliphatic rings. The normalized spacial score (nSPS) is 9.30. The molecule has 5 heteroatoms. The first-order valence-electron chi connectivity index (χ1n) is 2.62. The lowest BCUT2D eigenvalue weighted by atomic mass is 10.6. The molecule has 0 radical (unpaired) electrons. The highest BCUT2D eigenvalue weighted by Gasteiger charge is 1.93. The summed E-state index contributed by atoms with van der Waals surface area (Å²) < 4.78 is 0.905. The summed E-state index contributed by atoms with van der Waals surface area (Å²) in [7, 11) is 0. The molecule has 1 rings (SSSR count). The summed E-state index contributed by atoms with van der Waals surface area (Å²) >= 11 is 4.69. The van der Waals surface area contributed by atoms with E-state index in [0.717, 1.165) is 9.61 Å². The van der Waals surface area contributed by atoms with Crippen LogP contribution >= 0.6 is 27.3 Å². The maximum atomic E-state index is 3.78. The fourth-order valence-corrected chi connectivity index (χ4v) is 1.01. The minimum atomic E-state index is 0.690. The van der Waals surface area contributed by atoms with Crippen molar-refractivity contribution in [1.29, 1.82) is 0 Å². The maximum Gasteiger partial charge on any atom is 0.205 e. The molecule has 0 aromatic carbocycles. The van der Waals surface area contributed by atoms with Crippen LogP contribution < -0.4 is 5.32 Å². The van der Waals surface area contributed by atoms with E-state index in [0.29, 0.717) is 6.54 Å². The molecule has 1 N–H and O–H groups in total. The van der Waals surface area contributed by atoms with Crippen molar-refractivity contribution in [2.75, 3.05) is 11.9 Å². The smallest absolute Gasteiger partial charge is 0.205 e. The number of hydrogen-bond donors (Lipinski definition) is 1. The Bertz CT molecular complexity index is 209. The Labute approximate surface area is 71.3 Å². The Kier molecular flexibility index (Phi) is 2.82. The van der Waals surface area contributed by atoms with Crippen molar-refractivity contribution < 1.29 is 0 Å². The third kappa shape index (κ3) is 2.45. The van der Waals surface area contributed by atoms with E-state index in [1.807, 2.05) is 0 Å².